The number of nitrogens with two attached hydrogens (primary N) is 4. The van der Waals surface area contributed by atoms with Crippen LogP contribution in [0.2, 0.25) is 0 Å². The lowest BCUT2D eigenvalue weighted by Crippen LogP contribution is -2.60. The van der Waals surface area contributed by atoms with Crippen LogP contribution in [-0.2, 0) is 102 Å². The number of nitrogens with zero attached hydrogens (tertiary/aromatic N) is 3. The standard InChI is InChI=1S/C75H116N20O25/c1-36(2)30-46(66(111)91-50(74(119)120)34-59(104)105)87-64(109)44(21-24-55(78)98)85-68(113)49(33-58(102)103)88-65(110)47(31-37(3)4)89-70(115)52-14-10-28-94(52)72(117)45(12-8-26-81-75(79)80)86-69(114)51-13-9-27-93(51)56(99)35-82-62(107)42(22-25-57(100)101)83-63(108)43(20-23-54(77)97)84-67(112)48(32-40-16-18-41(96)19-17-40)90-71(116)53-15-11-29-95(53)73(118)60(38(5)6)92-61(106)39(7)76/h16-19,36-39,42-53,60,96H,8-15,20-35,76H2,1-7H3,(H2,77,97)(H2,78,98)(H,82,107)(H,83,108)(H,84,112)(H,85,113)(H,86,114)(H,87,109)(H,88,110)(H,89,115)(H,90,116)(H,91,111)(H,92,106)(H,100,101)(H,102,103)(H,104,105)(H,119,120)(H4,79,80,81)/t39-,42-,43-,44-,45-,46-,47-,48-,49-,50-,51-,52-,53-,60-/m0/s1. The van der Waals surface area contributed by atoms with Crippen LogP contribution in [0.4, 0.5) is 0 Å². The van der Waals surface area contributed by atoms with Gasteiger partial charge in [-0.05, 0) is 126 Å². The van der Waals surface area contributed by atoms with Gasteiger partial charge in [-0.15, -0.1) is 0 Å². The summed E-state index contributed by atoms with van der Waals surface area (Å²) in [6.07, 6.45) is -5.69. The first-order valence-corrected chi connectivity index (χ1v) is 39.6. The Morgan fingerprint density at radius 2 is 0.825 bits per heavy atom. The van der Waals surface area contributed by atoms with E-state index in [9.17, 15) is 121 Å². The lowest BCUT2D eigenvalue weighted by atomic mass is 10.0. The van der Waals surface area contributed by atoms with Gasteiger partial charge in [-0.1, -0.05) is 53.7 Å². The topological polar surface area (TPSA) is 725 Å². The van der Waals surface area contributed by atoms with Crippen molar-refractivity contribution in [2.75, 3.05) is 32.7 Å². The molecule has 1 aromatic carbocycles. The fourth-order valence-electron chi connectivity index (χ4n) is 13.6. The molecule has 3 aliphatic heterocycles. The molecule has 0 unspecified atom stereocenters. The third-order valence-electron chi connectivity index (χ3n) is 19.8. The Kier molecular flexibility index (Phi) is 40.4. The SMILES string of the molecule is CC(C)C[C@H](NC(=O)[C@H](CCC(N)=O)NC(=O)[C@H](CC(=O)O)NC(=O)[C@H](CC(C)C)NC(=O)[C@@H]1CCCN1C(=O)[C@H](CCCNC(=N)N)NC(=O)[C@@H]1CCCN1C(=O)CNC(=O)[C@H](CCC(=O)O)NC(=O)[C@H](CCC(N)=O)NC(=O)[C@H](Cc1ccc(O)cc1)NC(=O)[C@@H]1CCCN1C(=O)[C@@H](NC(=O)[C@H](C)N)C(C)C)C(=O)N[C@@H](CC(=O)O)C(=O)O. The molecule has 3 heterocycles. The van der Waals surface area contributed by atoms with E-state index in [0.29, 0.717) is 12.0 Å². The van der Waals surface area contributed by atoms with Gasteiger partial charge in [0.25, 0.3) is 0 Å². The van der Waals surface area contributed by atoms with Crippen molar-refractivity contribution in [3.8, 4) is 5.75 Å². The number of hydrogen-bond acceptors (Lipinski definition) is 23. The molecule has 14 atom stereocenters. The third kappa shape index (κ3) is 33.2. The van der Waals surface area contributed by atoms with Crippen LogP contribution in [0.1, 0.15) is 170 Å². The first-order chi connectivity index (χ1) is 56.3. The second-order valence-electron chi connectivity index (χ2n) is 31.0. The van der Waals surface area contributed by atoms with Crippen molar-refractivity contribution in [3.05, 3.63) is 29.8 Å². The van der Waals surface area contributed by atoms with E-state index in [1.165, 1.54) is 36.1 Å². The molecule has 1 aromatic rings. The summed E-state index contributed by atoms with van der Waals surface area (Å²) in [6, 6.07) is -15.8. The molecule has 0 bridgehead atoms. The number of hydrogen-bond donors (Lipinski definition) is 22. The minimum Gasteiger partial charge on any atom is -0.508 e. The number of carbonyl (C=O) groups is 20. The molecule has 120 heavy (non-hydrogen) atoms. The van der Waals surface area contributed by atoms with E-state index in [0.717, 1.165) is 9.80 Å². The minimum absolute atomic E-state index is 0.00366. The van der Waals surface area contributed by atoms with E-state index in [2.05, 4.69) is 58.5 Å². The molecule has 3 aliphatic rings. The lowest BCUT2D eigenvalue weighted by molar-refractivity contribution is -0.147. The van der Waals surface area contributed by atoms with Crippen LogP contribution >= 0.6 is 0 Å². The van der Waals surface area contributed by atoms with Crippen molar-refractivity contribution in [3.63, 3.8) is 0 Å². The van der Waals surface area contributed by atoms with Gasteiger partial charge < -0.3 is 127 Å². The maximum Gasteiger partial charge on any atom is 0.326 e. The number of aromatic hydroxyl groups is 1. The summed E-state index contributed by atoms with van der Waals surface area (Å²) in [5.74, 6) is -23.8. The van der Waals surface area contributed by atoms with Crippen LogP contribution in [0.25, 0.3) is 0 Å². The molecule has 45 heteroatoms. The number of primary amides is 2. The average Bonchev–Trinajstić information content (AvgIpc) is 1.82. The molecule has 0 aliphatic carbocycles. The first-order valence-electron chi connectivity index (χ1n) is 39.6. The minimum atomic E-state index is -2.03. The van der Waals surface area contributed by atoms with Crippen molar-refractivity contribution >= 4 is 124 Å². The van der Waals surface area contributed by atoms with Crippen LogP contribution < -0.4 is 86.7 Å². The van der Waals surface area contributed by atoms with Crippen LogP contribution in [0.15, 0.2) is 24.3 Å². The quantitative estimate of drug-likeness (QED) is 0.0164. The Labute approximate surface area is 691 Å². The van der Waals surface area contributed by atoms with Gasteiger partial charge >= 0.3 is 23.9 Å². The number of amides is 16. The van der Waals surface area contributed by atoms with Crippen molar-refractivity contribution < 1.29 is 121 Å². The molecule has 4 rings (SSSR count). The first kappa shape index (κ1) is 100. The highest BCUT2D eigenvalue weighted by Gasteiger charge is 2.45. The van der Waals surface area contributed by atoms with Gasteiger partial charge in [0.15, 0.2) is 5.96 Å². The predicted octanol–water partition coefficient (Wildman–Crippen LogP) is -6.34. The molecule has 16 amide bonds. The molecule has 3 saturated heterocycles. The van der Waals surface area contributed by atoms with E-state index >= 15 is 0 Å². The van der Waals surface area contributed by atoms with E-state index in [4.69, 9.17) is 28.3 Å². The summed E-state index contributed by atoms with van der Waals surface area (Å²) in [5, 5.41) is 85.5. The Morgan fingerprint density at radius 1 is 0.433 bits per heavy atom. The number of likely N-dealkylation sites (tertiary alicyclic amines) is 3. The molecule has 0 radical (unpaired) electrons. The van der Waals surface area contributed by atoms with Crippen molar-refractivity contribution in [1.82, 2.24) is 78.5 Å². The van der Waals surface area contributed by atoms with E-state index in [1.54, 1.807) is 41.5 Å². The van der Waals surface area contributed by atoms with Gasteiger partial charge in [0, 0.05) is 51.9 Å². The zero-order valence-corrected chi connectivity index (χ0v) is 68.1. The maximum atomic E-state index is 14.9. The summed E-state index contributed by atoms with van der Waals surface area (Å²) >= 11 is 0. The normalized spacial score (nSPS) is 17.7. The number of guanidine groups is 1. The number of aliphatic carboxylic acids is 4. The Morgan fingerprint density at radius 3 is 1.27 bits per heavy atom. The predicted molar refractivity (Wildman–Crippen MR) is 421 cm³/mol. The van der Waals surface area contributed by atoms with Crippen LogP contribution in [0, 0.1) is 23.2 Å². The molecule has 45 nitrogen and oxygen atoms in total. The number of rotatable bonds is 50. The fourth-order valence-corrected chi connectivity index (χ4v) is 13.6. The summed E-state index contributed by atoms with van der Waals surface area (Å²) in [6.45, 7) is 10.4. The summed E-state index contributed by atoms with van der Waals surface area (Å²) < 4.78 is 0. The molecular formula is C75H116N20O25. The number of benzene rings is 1. The van der Waals surface area contributed by atoms with Crippen molar-refractivity contribution in [2.45, 2.75) is 255 Å². The molecule has 0 spiro atoms. The van der Waals surface area contributed by atoms with E-state index < -0.39 is 279 Å². The van der Waals surface area contributed by atoms with E-state index in [1.807, 2.05) is 5.32 Å². The molecule has 0 aromatic heterocycles. The largest absolute Gasteiger partial charge is 0.508 e. The maximum absolute atomic E-state index is 14.9. The smallest absolute Gasteiger partial charge is 0.326 e. The summed E-state index contributed by atoms with van der Waals surface area (Å²) in [5.41, 5.74) is 22.5. The van der Waals surface area contributed by atoms with Gasteiger partial charge in [0.1, 0.15) is 84.3 Å². The van der Waals surface area contributed by atoms with Crippen LogP contribution in [0.5, 0.6) is 5.75 Å². The Hall–Kier alpha value is -12.4. The second kappa shape index (κ2) is 48.5. The number of nitrogens with one attached hydrogen (secondary N) is 13. The van der Waals surface area contributed by atoms with Gasteiger partial charge in [-0.2, -0.15) is 0 Å². The summed E-state index contributed by atoms with van der Waals surface area (Å²) in [7, 11) is 0. The molecule has 26 N–H and O–H groups in total. The zero-order valence-electron chi connectivity index (χ0n) is 68.1. The van der Waals surface area contributed by atoms with Gasteiger partial charge in [-0.25, -0.2) is 4.79 Å². The lowest BCUT2D eigenvalue weighted by Gasteiger charge is -2.32. The monoisotopic (exact) mass is 1700 g/mol. The second-order valence-corrected chi connectivity index (χ2v) is 31.0. The number of carboxylic acid groups (broad SMARTS) is 4. The average molecular weight is 1700 g/mol. The van der Waals surface area contributed by atoms with Gasteiger partial charge in [0.05, 0.1) is 25.4 Å². The van der Waals surface area contributed by atoms with Gasteiger partial charge in [0.2, 0.25) is 94.5 Å². The van der Waals surface area contributed by atoms with Gasteiger partial charge in [-0.3, -0.25) is 96.5 Å². The van der Waals surface area contributed by atoms with E-state index in [-0.39, 0.29) is 102 Å². The van der Waals surface area contributed by atoms with Crippen molar-refractivity contribution in [1.29, 1.82) is 5.41 Å². The highest BCUT2D eigenvalue weighted by molar-refractivity contribution is 6.01. The highest BCUT2D eigenvalue weighted by atomic mass is 16.4. The molecule has 0 saturated carbocycles. The molecule has 666 valence electrons. The number of phenols is 1. The van der Waals surface area contributed by atoms with Crippen LogP contribution in [-0.4, -0.2) is 282 Å². The summed E-state index contributed by atoms with van der Waals surface area (Å²) in [4.78, 5) is 273. The zero-order chi connectivity index (χ0) is 90.1. The third-order valence-corrected chi connectivity index (χ3v) is 19.8. The molecule has 3 fully saturated rings. The number of carboxylic acids is 4. The highest BCUT2D eigenvalue weighted by Crippen LogP contribution is 2.25. The van der Waals surface area contributed by atoms with Crippen LogP contribution in [0.3, 0.4) is 0 Å². The van der Waals surface area contributed by atoms with Crippen molar-refractivity contribution in [2.24, 2.45) is 40.7 Å². The Bertz CT molecular complexity index is 3900. The fraction of sp³-hybridized carbons (Fsp3) is 0.640. The number of phenolic OH excluding ortho intramolecular Hbond substituents is 1. The Balaban J connectivity index is 1.55. The molecular weight excluding hydrogens is 1580 g/mol. The number of carbonyl (C=O) groups excluding carboxylic acids is 16.